The van der Waals surface area contributed by atoms with Crippen LogP contribution in [0, 0.1) is 13.8 Å². The van der Waals surface area contributed by atoms with Gasteiger partial charge in [0.1, 0.15) is 0 Å². The molecule has 0 saturated carbocycles. The van der Waals surface area contributed by atoms with Gasteiger partial charge in [0.05, 0.1) is 0 Å². The monoisotopic (exact) mass is 325 g/mol. The lowest BCUT2D eigenvalue weighted by Crippen LogP contribution is -2.57. The molecule has 0 amide bonds. The van der Waals surface area contributed by atoms with Crippen LogP contribution < -0.4 is 0 Å². The minimum Gasteiger partial charge on any atom is -0.464 e. The molecule has 1 aromatic heterocycles. The van der Waals surface area contributed by atoms with Gasteiger partial charge in [0.2, 0.25) is 0 Å². The lowest BCUT2D eigenvalue weighted by atomic mass is 9.82. The molecule has 0 bridgehead atoms. The van der Waals surface area contributed by atoms with E-state index in [1.807, 2.05) is 63.2 Å². The van der Waals surface area contributed by atoms with Crippen LogP contribution in [0.3, 0.4) is 0 Å². The summed E-state index contributed by atoms with van der Waals surface area (Å²) in [6.45, 7) is 3.60. The lowest BCUT2D eigenvalue weighted by Gasteiger charge is -2.49. The van der Waals surface area contributed by atoms with Crippen molar-refractivity contribution in [2.24, 2.45) is 0 Å². The molecule has 0 N–H and O–H groups in total. The fraction of sp³-hybridized carbons (Fsp3) is 0.263. The molecule has 0 aliphatic carbocycles. The fourth-order valence-electron chi connectivity index (χ4n) is 4.34. The van der Waals surface area contributed by atoms with Crippen LogP contribution in [0.15, 0.2) is 53.7 Å². The number of benzene rings is 1. The van der Waals surface area contributed by atoms with Crippen molar-refractivity contribution in [1.29, 1.82) is 0 Å². The van der Waals surface area contributed by atoms with Gasteiger partial charge in [-0.05, 0) is 56.2 Å². The van der Waals surface area contributed by atoms with Gasteiger partial charge in [0.15, 0.2) is 0 Å². The average Bonchev–Trinajstić information content (AvgIpc) is 2.98. The molecule has 5 heteroatoms. The third-order valence-electron chi connectivity index (χ3n) is 5.16. The molecule has 0 radical (unpaired) electrons. The Balaban J connectivity index is 2.14. The van der Waals surface area contributed by atoms with Crippen LogP contribution >= 0.6 is 0 Å². The first-order chi connectivity index (χ1) is 11.3. The highest BCUT2D eigenvalue weighted by Gasteiger charge is 2.48. The third-order valence-corrected chi connectivity index (χ3v) is 5.16. The van der Waals surface area contributed by atoms with Crippen molar-refractivity contribution in [3.05, 3.63) is 76.3 Å². The first-order valence-corrected chi connectivity index (χ1v) is 8.32. The Labute approximate surface area is 141 Å². The summed E-state index contributed by atoms with van der Waals surface area (Å²) in [5.41, 5.74) is 5.64. The zero-order valence-corrected chi connectivity index (χ0v) is 14.3. The predicted molar refractivity (Wildman–Crippen MR) is 94.8 cm³/mol. The summed E-state index contributed by atoms with van der Waals surface area (Å²) < 4.78 is 32.1. The molecule has 3 heterocycles. The Morgan fingerprint density at radius 3 is 2.38 bits per heavy atom. The standard InChI is InChI=1S/C19H20BF2N2/c1-12-10-14(3)23-18(12)17(16-8-6-5-7-9-16)19-13(2)11-15(4)24(19)20(23,21)22/h5-11,14H,1-4H3/q-1. The first kappa shape index (κ1) is 15.2. The van der Waals surface area contributed by atoms with Crippen molar-refractivity contribution in [3.8, 4) is 0 Å². The Kier molecular flexibility index (Phi) is 3.08. The summed E-state index contributed by atoms with van der Waals surface area (Å²) in [5, 5.41) is 0. The van der Waals surface area contributed by atoms with Crippen molar-refractivity contribution in [1.82, 2.24) is 9.29 Å². The molecule has 0 saturated heterocycles. The molecular formula is C19H20BF2N2-. The van der Waals surface area contributed by atoms with Crippen LogP contribution in [0.2, 0.25) is 0 Å². The Morgan fingerprint density at radius 1 is 1.04 bits per heavy atom. The quantitative estimate of drug-likeness (QED) is 0.687. The molecule has 2 aromatic rings. The predicted octanol–water partition coefficient (Wildman–Crippen LogP) is 4.75. The number of aryl methyl sites for hydroxylation is 2. The van der Waals surface area contributed by atoms with Gasteiger partial charge in [-0.1, -0.05) is 36.4 Å². The van der Waals surface area contributed by atoms with Crippen molar-refractivity contribution in [3.63, 3.8) is 0 Å². The maximum atomic E-state index is 15.4. The van der Waals surface area contributed by atoms with Gasteiger partial charge in [0.25, 0.3) is 0 Å². The molecular weight excluding hydrogens is 305 g/mol. The van der Waals surface area contributed by atoms with Gasteiger partial charge < -0.3 is 17.9 Å². The van der Waals surface area contributed by atoms with Crippen molar-refractivity contribution >= 4 is 12.5 Å². The zero-order valence-electron chi connectivity index (χ0n) is 14.3. The van der Waals surface area contributed by atoms with Crippen molar-refractivity contribution in [2.75, 3.05) is 0 Å². The molecule has 124 valence electrons. The number of halogens is 2. The smallest absolute Gasteiger partial charge is 0.464 e. The summed E-state index contributed by atoms with van der Waals surface area (Å²) in [4.78, 5) is 1.32. The van der Waals surface area contributed by atoms with Crippen LogP contribution in [0.4, 0.5) is 8.63 Å². The van der Waals surface area contributed by atoms with Gasteiger partial charge >= 0.3 is 6.97 Å². The number of allylic oxidation sites excluding steroid dienone is 1. The SMILES string of the molecule is CC1=CC(C)N2C1=C(c1ccccc1)c1c(C)cc(C)n1[B-]2(F)F. The first-order valence-electron chi connectivity index (χ1n) is 8.32. The molecule has 0 spiro atoms. The number of hydrogen-bond donors (Lipinski definition) is 0. The second-order valence-electron chi connectivity index (χ2n) is 6.86. The summed E-state index contributed by atoms with van der Waals surface area (Å²) >= 11 is 0. The van der Waals surface area contributed by atoms with Crippen molar-refractivity contribution in [2.45, 2.75) is 33.7 Å². The van der Waals surface area contributed by atoms with E-state index in [0.29, 0.717) is 17.1 Å². The highest BCUT2D eigenvalue weighted by molar-refractivity contribution is 6.63. The van der Waals surface area contributed by atoms with Crippen molar-refractivity contribution < 1.29 is 8.63 Å². The van der Waals surface area contributed by atoms with E-state index in [9.17, 15) is 0 Å². The second kappa shape index (κ2) is 4.85. The maximum Gasteiger partial charge on any atom is 0.529 e. The number of hydrogen-bond acceptors (Lipinski definition) is 1. The molecule has 2 aliphatic rings. The zero-order chi connectivity index (χ0) is 17.2. The van der Waals surface area contributed by atoms with Crippen LogP contribution in [0.1, 0.15) is 36.4 Å². The van der Waals surface area contributed by atoms with E-state index in [-0.39, 0.29) is 6.04 Å². The van der Waals surface area contributed by atoms with Crippen LogP contribution in [0.25, 0.3) is 5.57 Å². The maximum absolute atomic E-state index is 15.4. The molecule has 2 nitrogen and oxygen atoms in total. The normalized spacial score (nSPS) is 21.7. The van der Waals surface area contributed by atoms with Gasteiger partial charge in [-0.15, -0.1) is 0 Å². The van der Waals surface area contributed by atoms with Crippen LogP contribution in [0.5, 0.6) is 0 Å². The van der Waals surface area contributed by atoms with Gasteiger partial charge in [0, 0.05) is 23.0 Å². The van der Waals surface area contributed by atoms with Gasteiger partial charge in [-0.25, -0.2) is 0 Å². The van der Waals surface area contributed by atoms with E-state index in [1.54, 1.807) is 6.92 Å². The number of aromatic nitrogens is 1. The summed E-state index contributed by atoms with van der Waals surface area (Å²) in [5.74, 6) is 0. The Hall–Kier alpha value is -2.30. The Morgan fingerprint density at radius 2 is 1.71 bits per heavy atom. The largest absolute Gasteiger partial charge is 0.529 e. The van der Waals surface area contributed by atoms with E-state index in [1.165, 1.54) is 9.29 Å². The topological polar surface area (TPSA) is 8.17 Å². The molecule has 4 rings (SSSR count). The van der Waals surface area contributed by atoms with Crippen LogP contribution in [-0.4, -0.2) is 22.3 Å². The Bertz CT molecular complexity index is 894. The fourth-order valence-corrected chi connectivity index (χ4v) is 4.34. The third kappa shape index (κ3) is 1.81. The minimum absolute atomic E-state index is 0.316. The highest BCUT2D eigenvalue weighted by Crippen LogP contribution is 2.47. The van der Waals surface area contributed by atoms with E-state index < -0.39 is 6.97 Å². The molecule has 0 fully saturated rings. The number of rotatable bonds is 1. The molecule has 2 aliphatic heterocycles. The van der Waals surface area contributed by atoms with Gasteiger partial charge in [-0.2, -0.15) is 0 Å². The molecule has 1 unspecified atom stereocenters. The van der Waals surface area contributed by atoms with Gasteiger partial charge in [-0.3, -0.25) is 0 Å². The number of fused-ring (bicyclic) bond motifs is 2. The highest BCUT2D eigenvalue weighted by atomic mass is 19.2. The average molecular weight is 325 g/mol. The van der Waals surface area contributed by atoms with E-state index in [2.05, 4.69) is 0 Å². The molecule has 1 atom stereocenters. The van der Waals surface area contributed by atoms with E-state index in [4.69, 9.17) is 0 Å². The molecule has 1 aromatic carbocycles. The minimum atomic E-state index is -3.85. The summed E-state index contributed by atoms with van der Waals surface area (Å²) in [6.07, 6.45) is 1.94. The second-order valence-corrected chi connectivity index (χ2v) is 6.86. The number of nitrogens with zero attached hydrogens (tertiary/aromatic N) is 2. The van der Waals surface area contributed by atoms with E-state index >= 15 is 8.63 Å². The summed E-state index contributed by atoms with van der Waals surface area (Å²) in [6, 6.07) is 11.4. The van der Waals surface area contributed by atoms with E-state index in [0.717, 1.165) is 22.3 Å². The lowest BCUT2D eigenvalue weighted by molar-refractivity contribution is 0.353. The summed E-state index contributed by atoms with van der Waals surface area (Å²) in [7, 11) is 0. The molecule has 24 heavy (non-hydrogen) atoms. The van der Waals surface area contributed by atoms with Crippen LogP contribution in [-0.2, 0) is 0 Å².